The van der Waals surface area contributed by atoms with Gasteiger partial charge in [0.2, 0.25) is 15.9 Å². The third-order valence-electron chi connectivity index (χ3n) is 5.46. The first-order chi connectivity index (χ1) is 14.6. The molecule has 0 radical (unpaired) electrons. The number of hydrogen-bond donors (Lipinski definition) is 1. The second-order valence-corrected chi connectivity index (χ2v) is 9.94. The average Bonchev–Trinajstić information content (AvgIpc) is 2.75. The van der Waals surface area contributed by atoms with Crippen molar-refractivity contribution in [1.29, 1.82) is 0 Å². The fraction of sp³-hybridized carbons (Fsp3) is 0.609. The van der Waals surface area contributed by atoms with Crippen molar-refractivity contribution in [1.82, 2.24) is 9.21 Å². The maximum absolute atomic E-state index is 13.4. The molecular formula is C23H34N2O5S. The molecule has 3 atom stereocenters. The minimum Gasteiger partial charge on any atom is -0.487 e. The Bertz CT molecular complexity index is 935. The van der Waals surface area contributed by atoms with Crippen LogP contribution in [0.2, 0.25) is 0 Å². The van der Waals surface area contributed by atoms with E-state index in [4.69, 9.17) is 4.74 Å². The fourth-order valence-electron chi connectivity index (χ4n) is 3.45. The highest BCUT2D eigenvalue weighted by molar-refractivity contribution is 7.89. The summed E-state index contributed by atoms with van der Waals surface area (Å²) < 4.78 is 34.4. The summed E-state index contributed by atoms with van der Waals surface area (Å²) in [5.74, 6) is 6.13. The molecule has 1 aromatic rings. The summed E-state index contributed by atoms with van der Waals surface area (Å²) >= 11 is 0. The number of carbonyl (C=O) groups is 1. The number of nitrogens with zero attached hydrogens (tertiary/aromatic N) is 2. The van der Waals surface area contributed by atoms with Gasteiger partial charge in [0.1, 0.15) is 16.7 Å². The largest absolute Gasteiger partial charge is 0.487 e. The van der Waals surface area contributed by atoms with Crippen molar-refractivity contribution in [3.63, 3.8) is 0 Å². The normalized spacial score (nSPS) is 21.5. The molecule has 8 heteroatoms. The molecule has 0 spiro atoms. The smallest absolute Gasteiger partial charge is 0.247 e. The second kappa shape index (κ2) is 11.0. The van der Waals surface area contributed by atoms with Gasteiger partial charge in [-0.3, -0.25) is 4.79 Å². The maximum atomic E-state index is 13.4. The van der Waals surface area contributed by atoms with Crippen LogP contribution in [0.25, 0.3) is 0 Å². The van der Waals surface area contributed by atoms with Crippen molar-refractivity contribution in [3.05, 3.63) is 23.8 Å². The van der Waals surface area contributed by atoms with E-state index in [1.807, 2.05) is 13.8 Å². The molecule has 0 aromatic heterocycles. The molecule has 0 saturated heterocycles. The van der Waals surface area contributed by atoms with Gasteiger partial charge in [-0.1, -0.05) is 32.6 Å². The molecule has 1 aliphatic rings. The molecule has 1 aromatic carbocycles. The first-order valence-corrected chi connectivity index (χ1v) is 12.3. The molecule has 31 heavy (non-hydrogen) atoms. The van der Waals surface area contributed by atoms with Crippen LogP contribution in [-0.4, -0.2) is 67.5 Å². The van der Waals surface area contributed by atoms with Crippen LogP contribution in [0.4, 0.5) is 0 Å². The Morgan fingerprint density at radius 1 is 1.39 bits per heavy atom. The van der Waals surface area contributed by atoms with Crippen LogP contribution in [0, 0.1) is 17.8 Å². The van der Waals surface area contributed by atoms with Crippen molar-refractivity contribution >= 4 is 15.9 Å². The molecule has 172 valence electrons. The predicted octanol–water partition coefficient (Wildman–Crippen LogP) is 2.48. The number of benzene rings is 1. The molecule has 7 nitrogen and oxygen atoms in total. The number of fused-ring (bicyclic) bond motifs is 1. The Balaban J connectivity index is 2.56. The lowest BCUT2D eigenvalue weighted by molar-refractivity contribution is -0.131. The van der Waals surface area contributed by atoms with Crippen LogP contribution >= 0.6 is 0 Å². The lowest BCUT2D eigenvalue weighted by Crippen LogP contribution is -2.50. The van der Waals surface area contributed by atoms with E-state index in [0.29, 0.717) is 18.5 Å². The number of hydrogen-bond acceptors (Lipinski definition) is 5. The number of aliphatic hydroxyl groups excluding tert-OH is 1. The second-order valence-electron chi connectivity index (χ2n) is 8.08. The first kappa shape index (κ1) is 25.2. The zero-order valence-corrected chi connectivity index (χ0v) is 19.9. The first-order valence-electron chi connectivity index (χ1n) is 10.8. The molecule has 0 fully saturated rings. The predicted molar refractivity (Wildman–Crippen MR) is 120 cm³/mol. The van der Waals surface area contributed by atoms with E-state index in [9.17, 15) is 18.3 Å². The SMILES string of the molecule is CCCC#Cc1ccc2c(c1)O[C@@H](CN(C)C(=O)CC)[C@@H](C)CN([C@@H](C)CO)S2(=O)=O. The standard InChI is InChI=1S/C23H34N2O5S/c1-6-8-9-10-19-11-12-22-20(13-19)30-21(15-24(5)23(27)7-2)17(3)14-25(18(4)16-26)31(22,28)29/h11-13,17-18,21,26H,6-8,14-16H2,1-5H3/t17-,18-,21-/m0/s1. The number of sulfonamides is 1. The molecule has 0 bridgehead atoms. The monoisotopic (exact) mass is 450 g/mol. The summed E-state index contributed by atoms with van der Waals surface area (Å²) in [5, 5.41) is 9.69. The Morgan fingerprint density at radius 3 is 2.71 bits per heavy atom. The molecule has 1 aliphatic heterocycles. The molecule has 1 heterocycles. The maximum Gasteiger partial charge on any atom is 0.247 e. The van der Waals surface area contributed by atoms with Gasteiger partial charge in [-0.05, 0) is 31.5 Å². The van der Waals surface area contributed by atoms with Crippen LogP contribution in [0.1, 0.15) is 52.5 Å². The Kier molecular flexibility index (Phi) is 8.92. The number of aliphatic hydroxyl groups is 1. The van der Waals surface area contributed by atoms with Crippen molar-refractivity contribution in [2.24, 2.45) is 5.92 Å². The van der Waals surface area contributed by atoms with Gasteiger partial charge in [-0.25, -0.2) is 8.42 Å². The van der Waals surface area contributed by atoms with Crippen LogP contribution in [0.5, 0.6) is 5.75 Å². The van der Waals surface area contributed by atoms with Crippen LogP contribution in [0.3, 0.4) is 0 Å². The summed E-state index contributed by atoms with van der Waals surface area (Å²) in [6.45, 7) is 7.65. The van der Waals surface area contributed by atoms with E-state index in [0.717, 1.165) is 12.8 Å². The van der Waals surface area contributed by atoms with Crippen molar-refractivity contribution in [3.8, 4) is 17.6 Å². The van der Waals surface area contributed by atoms with Gasteiger partial charge in [0.15, 0.2) is 0 Å². The zero-order valence-electron chi connectivity index (χ0n) is 19.1. The number of unbranched alkanes of at least 4 members (excludes halogenated alkanes) is 1. The van der Waals surface area contributed by atoms with Crippen LogP contribution < -0.4 is 4.74 Å². The van der Waals surface area contributed by atoms with Gasteiger partial charge in [0.25, 0.3) is 0 Å². The van der Waals surface area contributed by atoms with Crippen LogP contribution in [0.15, 0.2) is 23.1 Å². The summed E-state index contributed by atoms with van der Waals surface area (Å²) in [5.41, 5.74) is 0.675. The number of amides is 1. The summed E-state index contributed by atoms with van der Waals surface area (Å²) in [6, 6.07) is 4.27. The van der Waals surface area contributed by atoms with Gasteiger partial charge in [0, 0.05) is 44.0 Å². The molecule has 1 amide bonds. The highest BCUT2D eigenvalue weighted by Gasteiger charge is 2.38. The van der Waals surface area contributed by atoms with Crippen molar-refractivity contribution in [2.45, 2.75) is 64.0 Å². The Hall–Kier alpha value is -2.08. The third-order valence-corrected chi connectivity index (χ3v) is 7.48. The van der Waals surface area contributed by atoms with Gasteiger partial charge < -0.3 is 14.7 Å². The van der Waals surface area contributed by atoms with E-state index < -0.39 is 22.2 Å². The third kappa shape index (κ3) is 6.00. The molecular weight excluding hydrogens is 416 g/mol. The highest BCUT2D eigenvalue weighted by atomic mass is 32.2. The van der Waals surface area contributed by atoms with E-state index >= 15 is 0 Å². The molecule has 1 N–H and O–H groups in total. The van der Waals surface area contributed by atoms with E-state index in [1.54, 1.807) is 37.9 Å². The average molecular weight is 451 g/mol. The quantitative estimate of drug-likeness (QED) is 0.673. The molecule has 0 unspecified atom stereocenters. The Labute approximate surface area is 186 Å². The van der Waals surface area contributed by atoms with Crippen molar-refractivity contribution in [2.75, 3.05) is 26.7 Å². The summed E-state index contributed by atoms with van der Waals surface area (Å²) in [4.78, 5) is 13.8. The highest BCUT2D eigenvalue weighted by Crippen LogP contribution is 2.34. The van der Waals surface area contributed by atoms with Crippen molar-refractivity contribution < 1.29 is 23.1 Å². The fourth-order valence-corrected chi connectivity index (χ4v) is 5.28. The number of rotatable bonds is 6. The molecule has 2 rings (SSSR count). The van der Waals surface area contributed by atoms with Gasteiger partial charge in [0.05, 0.1) is 13.2 Å². The van der Waals surface area contributed by atoms with Gasteiger partial charge >= 0.3 is 0 Å². The number of carbonyl (C=O) groups excluding carboxylic acids is 1. The van der Waals surface area contributed by atoms with E-state index in [-0.39, 0.29) is 35.6 Å². The van der Waals surface area contributed by atoms with Crippen LogP contribution in [-0.2, 0) is 14.8 Å². The van der Waals surface area contributed by atoms with E-state index in [2.05, 4.69) is 11.8 Å². The number of likely N-dealkylation sites (N-methyl/N-ethyl adjacent to an activating group) is 1. The lowest BCUT2D eigenvalue weighted by Gasteiger charge is -2.37. The number of ether oxygens (including phenoxy) is 1. The Morgan fingerprint density at radius 2 is 2.10 bits per heavy atom. The molecule has 0 saturated carbocycles. The minimum atomic E-state index is -3.88. The van der Waals surface area contributed by atoms with Gasteiger partial charge in [-0.2, -0.15) is 4.31 Å². The summed E-state index contributed by atoms with van der Waals surface area (Å²) in [6.07, 6.45) is 1.66. The van der Waals surface area contributed by atoms with E-state index in [1.165, 1.54) is 10.4 Å². The lowest BCUT2D eigenvalue weighted by atomic mass is 10.0. The summed E-state index contributed by atoms with van der Waals surface area (Å²) in [7, 11) is -2.16. The topological polar surface area (TPSA) is 87.2 Å². The van der Waals surface area contributed by atoms with Gasteiger partial charge in [-0.15, -0.1) is 0 Å². The zero-order chi connectivity index (χ0) is 23.2. The molecule has 0 aliphatic carbocycles. The minimum absolute atomic E-state index is 0.00882.